The van der Waals surface area contributed by atoms with Crippen molar-refractivity contribution in [3.63, 3.8) is 0 Å². The molecule has 3 aromatic rings. The van der Waals surface area contributed by atoms with E-state index in [9.17, 15) is 53.7 Å². The smallest absolute Gasteiger partial charge is 0.412 e. The van der Waals surface area contributed by atoms with Crippen molar-refractivity contribution in [2.75, 3.05) is 78.0 Å². The van der Waals surface area contributed by atoms with Crippen LogP contribution in [0.25, 0.3) is 0 Å². The van der Waals surface area contributed by atoms with Crippen LogP contribution >= 0.6 is 23.4 Å². The molecule has 4 bridgehead atoms. The summed E-state index contributed by atoms with van der Waals surface area (Å²) in [5.41, 5.74) is -0.724. The van der Waals surface area contributed by atoms with Gasteiger partial charge in [-0.3, -0.25) is 19.7 Å². The first-order valence-electron chi connectivity index (χ1n) is 30.1. The molecule has 92 heavy (non-hydrogen) atoms. The number of likely N-dealkylation sites (N-methyl/N-ethyl adjacent to an activating group) is 3. The second-order valence-corrected chi connectivity index (χ2v) is 24.8. The number of aromatic nitrogens is 1. The molecule has 0 radical (unpaired) electrons. The van der Waals surface area contributed by atoms with Crippen LogP contribution in [0.4, 0.5) is 30.6 Å². The molecule has 6 amide bonds. The van der Waals surface area contributed by atoms with Crippen LogP contribution in [0.2, 0.25) is 5.02 Å². The number of thioether (sulfide) groups is 1. The Balaban J connectivity index is 0.926. The number of hydrogen-bond acceptors (Lipinski definition) is 21. The summed E-state index contributed by atoms with van der Waals surface area (Å²) in [4.78, 5) is 118. The van der Waals surface area contributed by atoms with Crippen LogP contribution in [0, 0.1) is 5.92 Å². The molecule has 0 saturated carbocycles. The number of nitrogens with zero attached hydrogens (tertiary/aromatic N) is 5. The molecule has 502 valence electrons. The van der Waals surface area contributed by atoms with Gasteiger partial charge in [0.1, 0.15) is 53.9 Å². The Hall–Kier alpha value is -8.18. The lowest BCUT2D eigenvalue weighted by Crippen LogP contribution is -2.63. The number of allylic oxidation sites excluding steroid dienone is 4. The first kappa shape index (κ1) is 71.3. The summed E-state index contributed by atoms with van der Waals surface area (Å²) in [6, 6.07) is 8.92. The van der Waals surface area contributed by atoms with E-state index in [-0.39, 0.29) is 60.8 Å². The van der Waals surface area contributed by atoms with Gasteiger partial charge in [0.15, 0.2) is 11.5 Å². The zero-order valence-electron chi connectivity index (χ0n) is 53.3. The molecular formula is C63H83ClN8O19S. The summed E-state index contributed by atoms with van der Waals surface area (Å²) in [7, 11) is 8.80. The number of carbonyl (C=O) groups is 8. The number of aromatic hydroxyl groups is 2. The number of carbonyl (C=O) groups excluding carboxylic acids is 8. The highest BCUT2D eigenvalue weighted by atomic mass is 35.5. The fraction of sp³-hybridized carbons (Fsp3) is 0.524. The minimum absolute atomic E-state index is 0.0219. The highest BCUT2D eigenvalue weighted by Crippen LogP contribution is 2.49. The normalized spacial score (nSPS) is 23.5. The summed E-state index contributed by atoms with van der Waals surface area (Å²) in [6.07, 6.45) is 6.87. The van der Waals surface area contributed by atoms with Crippen molar-refractivity contribution < 1.29 is 91.7 Å². The quantitative estimate of drug-likeness (QED) is 0.0299. The lowest BCUT2D eigenvalue weighted by atomic mass is 9.83. The summed E-state index contributed by atoms with van der Waals surface area (Å²) < 4.78 is 41.2. The number of hydrogen-bond donors (Lipinski definition) is 6. The van der Waals surface area contributed by atoms with Crippen molar-refractivity contribution in [2.45, 2.75) is 140 Å². The largest absolute Gasteiger partial charge is 0.495 e. The van der Waals surface area contributed by atoms with Gasteiger partial charge in [-0.15, -0.1) is 4.73 Å². The predicted octanol–water partition coefficient (Wildman–Crippen LogP) is 7.22. The maximum atomic E-state index is 14.4. The van der Waals surface area contributed by atoms with Gasteiger partial charge in [-0.05, 0) is 88.3 Å². The number of epoxide rings is 1. The Bertz CT molecular complexity index is 3270. The summed E-state index contributed by atoms with van der Waals surface area (Å²) in [5, 5.41) is 39.7. The lowest BCUT2D eigenvalue weighted by molar-refractivity contribution is -0.162. The Morgan fingerprint density at radius 3 is 2.42 bits per heavy atom. The van der Waals surface area contributed by atoms with Gasteiger partial charge >= 0.3 is 30.2 Å². The monoisotopic (exact) mass is 1320 g/mol. The van der Waals surface area contributed by atoms with Gasteiger partial charge in [-0.2, -0.15) is 0 Å². The van der Waals surface area contributed by atoms with Crippen LogP contribution < -0.4 is 35.2 Å². The molecule has 4 aliphatic rings. The van der Waals surface area contributed by atoms with E-state index in [1.807, 2.05) is 19.1 Å². The number of anilines is 2. The van der Waals surface area contributed by atoms with Crippen LogP contribution in [-0.2, 0) is 55.9 Å². The van der Waals surface area contributed by atoms with Crippen LogP contribution in [0.3, 0.4) is 0 Å². The molecule has 29 heteroatoms. The number of nitrogens with one attached hydrogen (secondary N) is 3. The van der Waals surface area contributed by atoms with Gasteiger partial charge in [-0.1, -0.05) is 78.7 Å². The van der Waals surface area contributed by atoms with E-state index in [1.54, 1.807) is 44.2 Å². The number of rotatable bonds is 19. The molecule has 7 rings (SSSR count). The molecule has 1 aromatic heterocycles. The molecule has 9 unspecified atom stereocenters. The average Bonchev–Trinajstić information content (AvgIpc) is 1.57. The van der Waals surface area contributed by atoms with Gasteiger partial charge in [-0.25, -0.2) is 24.0 Å². The van der Waals surface area contributed by atoms with Gasteiger partial charge in [0.2, 0.25) is 23.6 Å². The van der Waals surface area contributed by atoms with Crippen molar-refractivity contribution in [1.82, 2.24) is 30.1 Å². The van der Waals surface area contributed by atoms with Gasteiger partial charge in [0, 0.05) is 91.1 Å². The van der Waals surface area contributed by atoms with E-state index in [1.165, 1.54) is 81.1 Å². The molecule has 2 aromatic carbocycles. The van der Waals surface area contributed by atoms with Crippen LogP contribution in [0.15, 0.2) is 78.4 Å². The third kappa shape index (κ3) is 18.5. The topological polar surface area (TPSA) is 328 Å². The molecule has 2 saturated heterocycles. The first-order chi connectivity index (χ1) is 43.6. The molecule has 4 heterocycles. The van der Waals surface area contributed by atoms with E-state index in [0.29, 0.717) is 34.6 Å². The van der Waals surface area contributed by atoms with Crippen molar-refractivity contribution >= 4 is 82.0 Å². The number of benzene rings is 2. The van der Waals surface area contributed by atoms with E-state index in [0.717, 1.165) is 60.7 Å². The number of fused-ring (bicyclic) bond motifs is 5. The molecular weight excluding hydrogens is 1240 g/mol. The third-order valence-corrected chi connectivity index (χ3v) is 17.9. The minimum atomic E-state index is -1.91. The number of alkyl carbamates (subject to hydrolysis) is 1. The molecule has 3 aliphatic heterocycles. The van der Waals surface area contributed by atoms with E-state index >= 15 is 0 Å². The number of esters is 1. The average molecular weight is 1320 g/mol. The molecule has 27 nitrogen and oxygen atoms in total. The fourth-order valence-corrected chi connectivity index (χ4v) is 11.8. The maximum Gasteiger partial charge on any atom is 0.412 e. The SMILES string of the molecule is COc1cc2cc(c1Cl)N(C)C(=O)CC(OC(=O)C(C)N(C)C(=O)CCSC(=O)N(C)CCN(C)C(=O)OCc1ccc(OC(=O)NC3CC=CCCCC3)c(NCC(=O)On3c(O)ccc3O)c1)C1(C)OC1C(C)C1CC(O)(NC(=O)O1)C(OC)C=CC=C(C)C2. The molecule has 9 atom stereocenters. The van der Waals surface area contributed by atoms with Crippen molar-refractivity contribution in [3.8, 4) is 23.3 Å². The van der Waals surface area contributed by atoms with Crippen molar-refractivity contribution in [2.24, 2.45) is 5.92 Å². The predicted molar refractivity (Wildman–Crippen MR) is 338 cm³/mol. The van der Waals surface area contributed by atoms with Gasteiger partial charge < -0.3 is 83.5 Å². The summed E-state index contributed by atoms with van der Waals surface area (Å²) in [5.74, 6) is -4.12. The van der Waals surface area contributed by atoms with Crippen LogP contribution in [0.1, 0.15) is 90.2 Å². The Labute approximate surface area is 543 Å². The highest BCUT2D eigenvalue weighted by Gasteiger charge is 2.64. The molecule has 1 aliphatic carbocycles. The number of ether oxygens (including phenoxy) is 7. The van der Waals surface area contributed by atoms with Crippen molar-refractivity contribution in [3.05, 3.63) is 94.6 Å². The third-order valence-electron chi connectivity index (χ3n) is 16.6. The summed E-state index contributed by atoms with van der Waals surface area (Å²) >= 11 is 7.69. The fourth-order valence-electron chi connectivity index (χ4n) is 10.7. The van der Waals surface area contributed by atoms with E-state index in [2.05, 4.69) is 22.0 Å². The second-order valence-electron chi connectivity index (χ2n) is 23.4. The molecule has 2 fully saturated rings. The van der Waals surface area contributed by atoms with E-state index < -0.39 is 120 Å². The molecule has 0 spiro atoms. The minimum Gasteiger partial charge on any atom is -0.495 e. The maximum absolute atomic E-state index is 14.4. The zero-order valence-corrected chi connectivity index (χ0v) is 54.8. The number of halogens is 1. The summed E-state index contributed by atoms with van der Waals surface area (Å²) in [6.45, 7) is 6.11. The Kier molecular flexibility index (Phi) is 24.7. The van der Waals surface area contributed by atoms with Gasteiger partial charge in [0.25, 0.3) is 5.24 Å². The van der Waals surface area contributed by atoms with Gasteiger partial charge in [0.05, 0.1) is 31.0 Å². The Morgan fingerprint density at radius 1 is 0.978 bits per heavy atom. The number of amides is 6. The van der Waals surface area contributed by atoms with E-state index in [4.69, 9.17) is 49.6 Å². The highest BCUT2D eigenvalue weighted by molar-refractivity contribution is 8.13. The zero-order chi connectivity index (χ0) is 67.2. The van der Waals surface area contributed by atoms with Crippen LogP contribution in [0.5, 0.6) is 23.3 Å². The Morgan fingerprint density at radius 2 is 1.71 bits per heavy atom. The first-order valence-corrected chi connectivity index (χ1v) is 31.4. The van der Waals surface area contributed by atoms with Crippen LogP contribution in [-0.4, -0.2) is 198 Å². The lowest BCUT2D eigenvalue weighted by Gasteiger charge is -2.42. The standard InChI is InChI=1S/C63H83ClN8O19S/c1-37-17-16-20-48(85-10)63(83)34-47(88-59(80)67-63)38(2)56-62(4,90-56)49(33-53(76)71(8)44-31-41(29-37)32-46(84-9)55(44)64)89-57(78)39(3)70(7)50(73)25-28-92-61(82)69(6)27-26-68(5)60(81)86-36-40-21-22-45(87-58(79)66-42-18-14-12-11-13-15-19-42)43(30-40)65-35-54(77)91-72-51(74)23-24-52(72)75/h12,14,16-17,20-24,30-32,38-39,42,47-49,56,65,74-75,83H,11,13,15,18-19,25-29,33-36H2,1-10H3,(H,66,79)(H,67,80). The number of methoxy groups -OCH3 is 2. The number of aliphatic hydroxyl groups is 1. The van der Waals surface area contributed by atoms with Crippen molar-refractivity contribution in [1.29, 1.82) is 0 Å². The molecule has 6 N–H and O–H groups in total. The second kappa shape index (κ2) is 31.9.